The van der Waals surface area contributed by atoms with E-state index in [0.29, 0.717) is 10.8 Å². The van der Waals surface area contributed by atoms with Crippen LogP contribution in [0.15, 0.2) is 48.5 Å². The Kier molecular flexibility index (Phi) is 5.81. The average Bonchev–Trinajstić information content (AvgIpc) is 2.52. The van der Waals surface area contributed by atoms with E-state index >= 15 is 0 Å². The SMILES string of the molecule is Cc1cc(Cl)ccc1OCC(=O)NCC(O)c1ccccc1. The largest absolute Gasteiger partial charge is 0.484 e. The van der Waals surface area contributed by atoms with Crippen LogP contribution in [0.5, 0.6) is 5.75 Å². The van der Waals surface area contributed by atoms with Crippen LogP contribution >= 0.6 is 11.6 Å². The van der Waals surface area contributed by atoms with Gasteiger partial charge in [-0.2, -0.15) is 0 Å². The first-order valence-corrected chi connectivity index (χ1v) is 7.32. The normalized spacial score (nSPS) is 11.8. The Morgan fingerprint density at radius 2 is 2.00 bits per heavy atom. The summed E-state index contributed by atoms with van der Waals surface area (Å²) in [4.78, 5) is 11.8. The van der Waals surface area contributed by atoms with Crippen molar-refractivity contribution in [1.29, 1.82) is 0 Å². The Labute approximate surface area is 134 Å². The lowest BCUT2D eigenvalue weighted by Crippen LogP contribution is -2.32. The Morgan fingerprint density at radius 3 is 2.68 bits per heavy atom. The number of hydrogen-bond acceptors (Lipinski definition) is 3. The Morgan fingerprint density at radius 1 is 1.27 bits per heavy atom. The quantitative estimate of drug-likeness (QED) is 0.860. The van der Waals surface area contributed by atoms with Gasteiger partial charge in [0.1, 0.15) is 5.75 Å². The first kappa shape index (κ1) is 16.3. The van der Waals surface area contributed by atoms with Crippen molar-refractivity contribution < 1.29 is 14.6 Å². The summed E-state index contributed by atoms with van der Waals surface area (Å²) in [6, 6.07) is 14.4. The van der Waals surface area contributed by atoms with Gasteiger partial charge in [0, 0.05) is 11.6 Å². The number of carbonyl (C=O) groups is 1. The van der Waals surface area contributed by atoms with E-state index in [1.807, 2.05) is 37.3 Å². The molecule has 0 aliphatic carbocycles. The molecule has 4 nitrogen and oxygen atoms in total. The van der Waals surface area contributed by atoms with Crippen LogP contribution in [0.4, 0.5) is 0 Å². The predicted molar refractivity (Wildman–Crippen MR) is 86.1 cm³/mol. The molecule has 1 atom stereocenters. The summed E-state index contributed by atoms with van der Waals surface area (Å²) in [5.41, 5.74) is 1.63. The van der Waals surface area contributed by atoms with Gasteiger partial charge in [-0.15, -0.1) is 0 Å². The minimum Gasteiger partial charge on any atom is -0.484 e. The number of aryl methyl sites for hydroxylation is 1. The lowest BCUT2D eigenvalue weighted by Gasteiger charge is -2.13. The minimum atomic E-state index is -0.734. The molecule has 2 aromatic carbocycles. The number of benzene rings is 2. The van der Waals surface area contributed by atoms with Gasteiger partial charge in [0.15, 0.2) is 6.61 Å². The van der Waals surface area contributed by atoms with Crippen LogP contribution in [-0.4, -0.2) is 24.2 Å². The van der Waals surface area contributed by atoms with Gasteiger partial charge in [-0.05, 0) is 36.2 Å². The number of carbonyl (C=O) groups excluding carboxylic acids is 1. The van der Waals surface area contributed by atoms with E-state index in [4.69, 9.17) is 16.3 Å². The van der Waals surface area contributed by atoms with Crippen LogP contribution in [0, 0.1) is 6.92 Å². The van der Waals surface area contributed by atoms with E-state index < -0.39 is 6.10 Å². The fourth-order valence-corrected chi connectivity index (χ4v) is 2.20. The van der Waals surface area contributed by atoms with Crippen molar-refractivity contribution in [2.45, 2.75) is 13.0 Å². The van der Waals surface area contributed by atoms with Crippen LogP contribution < -0.4 is 10.1 Å². The number of aliphatic hydroxyl groups excluding tert-OH is 1. The molecule has 1 amide bonds. The smallest absolute Gasteiger partial charge is 0.258 e. The summed E-state index contributed by atoms with van der Waals surface area (Å²) in [5, 5.41) is 13.2. The third kappa shape index (κ3) is 4.76. The average molecular weight is 320 g/mol. The minimum absolute atomic E-state index is 0.107. The fraction of sp³-hybridized carbons (Fsp3) is 0.235. The topological polar surface area (TPSA) is 58.6 Å². The van der Waals surface area contributed by atoms with E-state index in [0.717, 1.165) is 11.1 Å². The lowest BCUT2D eigenvalue weighted by atomic mass is 10.1. The molecule has 116 valence electrons. The standard InChI is InChI=1S/C17H18ClNO3/c1-12-9-14(18)7-8-16(12)22-11-17(21)19-10-15(20)13-5-3-2-4-6-13/h2-9,15,20H,10-11H2,1H3,(H,19,21). The molecule has 0 bridgehead atoms. The molecule has 0 heterocycles. The highest BCUT2D eigenvalue weighted by Crippen LogP contribution is 2.21. The molecule has 22 heavy (non-hydrogen) atoms. The molecule has 5 heteroatoms. The van der Waals surface area contributed by atoms with Crippen molar-refractivity contribution in [2.75, 3.05) is 13.2 Å². The maximum atomic E-state index is 11.8. The maximum absolute atomic E-state index is 11.8. The molecule has 0 spiro atoms. The Balaban J connectivity index is 1.78. The Hall–Kier alpha value is -2.04. The number of aliphatic hydroxyl groups is 1. The van der Waals surface area contributed by atoms with Gasteiger partial charge in [0.2, 0.25) is 0 Å². The van der Waals surface area contributed by atoms with Crippen molar-refractivity contribution in [3.63, 3.8) is 0 Å². The second-order valence-corrected chi connectivity index (χ2v) is 5.37. The van der Waals surface area contributed by atoms with Crippen LogP contribution in [-0.2, 0) is 4.79 Å². The summed E-state index contributed by atoms with van der Waals surface area (Å²) in [5.74, 6) is 0.326. The lowest BCUT2D eigenvalue weighted by molar-refractivity contribution is -0.123. The van der Waals surface area contributed by atoms with Crippen molar-refractivity contribution >= 4 is 17.5 Å². The second-order valence-electron chi connectivity index (χ2n) is 4.93. The zero-order chi connectivity index (χ0) is 15.9. The van der Waals surface area contributed by atoms with E-state index in [-0.39, 0.29) is 19.1 Å². The summed E-state index contributed by atoms with van der Waals surface area (Å²) >= 11 is 5.86. The predicted octanol–water partition coefficient (Wildman–Crippen LogP) is 2.88. The molecule has 0 aliphatic heterocycles. The molecular weight excluding hydrogens is 302 g/mol. The third-order valence-electron chi connectivity index (χ3n) is 3.17. The maximum Gasteiger partial charge on any atom is 0.258 e. The second kappa shape index (κ2) is 7.82. The summed E-state index contributed by atoms with van der Waals surface area (Å²) in [6.45, 7) is 1.90. The fourth-order valence-electron chi connectivity index (χ4n) is 1.97. The van der Waals surface area contributed by atoms with E-state index in [1.54, 1.807) is 18.2 Å². The first-order chi connectivity index (χ1) is 10.6. The highest BCUT2D eigenvalue weighted by molar-refractivity contribution is 6.30. The molecular formula is C17H18ClNO3. The van der Waals surface area contributed by atoms with E-state index in [2.05, 4.69) is 5.32 Å². The number of nitrogens with one attached hydrogen (secondary N) is 1. The number of rotatable bonds is 6. The summed E-state index contributed by atoms with van der Waals surface area (Å²) < 4.78 is 5.44. The number of amides is 1. The van der Waals surface area contributed by atoms with Gasteiger partial charge in [0.25, 0.3) is 5.91 Å². The van der Waals surface area contributed by atoms with Crippen LogP contribution in [0.3, 0.4) is 0 Å². The van der Waals surface area contributed by atoms with E-state index in [9.17, 15) is 9.90 Å². The number of hydrogen-bond donors (Lipinski definition) is 2. The molecule has 0 fully saturated rings. The molecule has 0 aromatic heterocycles. The van der Waals surface area contributed by atoms with E-state index in [1.165, 1.54) is 0 Å². The summed E-state index contributed by atoms with van der Waals surface area (Å²) in [7, 11) is 0. The molecule has 2 rings (SSSR count). The molecule has 0 aliphatic rings. The highest BCUT2D eigenvalue weighted by atomic mass is 35.5. The highest BCUT2D eigenvalue weighted by Gasteiger charge is 2.10. The van der Waals surface area contributed by atoms with Crippen LogP contribution in [0.2, 0.25) is 5.02 Å². The van der Waals surface area contributed by atoms with Crippen molar-refractivity contribution in [2.24, 2.45) is 0 Å². The van der Waals surface area contributed by atoms with Crippen molar-refractivity contribution in [3.8, 4) is 5.75 Å². The zero-order valence-electron chi connectivity index (χ0n) is 12.3. The molecule has 2 N–H and O–H groups in total. The van der Waals surface area contributed by atoms with Gasteiger partial charge < -0.3 is 15.2 Å². The van der Waals surface area contributed by atoms with Crippen molar-refractivity contribution in [1.82, 2.24) is 5.32 Å². The van der Waals surface area contributed by atoms with Gasteiger partial charge in [-0.3, -0.25) is 4.79 Å². The van der Waals surface area contributed by atoms with Gasteiger partial charge in [-0.1, -0.05) is 41.9 Å². The van der Waals surface area contributed by atoms with Gasteiger partial charge in [0.05, 0.1) is 6.10 Å². The van der Waals surface area contributed by atoms with Crippen LogP contribution in [0.25, 0.3) is 0 Å². The van der Waals surface area contributed by atoms with Gasteiger partial charge >= 0.3 is 0 Å². The molecule has 0 saturated heterocycles. The molecule has 1 unspecified atom stereocenters. The molecule has 0 saturated carbocycles. The molecule has 2 aromatic rings. The number of halogens is 1. The first-order valence-electron chi connectivity index (χ1n) is 6.95. The monoisotopic (exact) mass is 319 g/mol. The van der Waals surface area contributed by atoms with Crippen LogP contribution in [0.1, 0.15) is 17.2 Å². The summed E-state index contributed by atoms with van der Waals surface area (Å²) in [6.07, 6.45) is -0.734. The van der Waals surface area contributed by atoms with Crippen molar-refractivity contribution in [3.05, 3.63) is 64.7 Å². The Bertz CT molecular complexity index is 631. The molecule has 0 radical (unpaired) electrons. The third-order valence-corrected chi connectivity index (χ3v) is 3.41. The number of ether oxygens (including phenoxy) is 1. The van der Waals surface area contributed by atoms with Gasteiger partial charge in [-0.25, -0.2) is 0 Å². The zero-order valence-corrected chi connectivity index (χ0v) is 13.0.